The van der Waals surface area contributed by atoms with Crippen LogP contribution in [0.4, 0.5) is 0 Å². The van der Waals surface area contributed by atoms with Gasteiger partial charge in [0, 0.05) is 19.4 Å². The minimum Gasteiger partial charge on any atom is -0.462 e. The SMILES string of the molecule is CC/C=C\C/C=C\C/C=C\C/C=C\CCCCCCCCC(=O)OCC(COCCCCCCCC/C=C\CCCCCCCC)OC(=O)CCCCCC/C=C\C/C=C\C/C=C\C/C=C\CC. The molecule has 0 radical (unpaired) electrons. The molecule has 0 spiro atoms. The number of hydrogen-bond acceptors (Lipinski definition) is 5. The molecule has 0 aliphatic carbocycles. The molecule has 1 unspecified atom stereocenters. The van der Waals surface area contributed by atoms with E-state index in [0.717, 1.165) is 122 Å². The van der Waals surface area contributed by atoms with Crippen LogP contribution < -0.4 is 0 Å². The summed E-state index contributed by atoms with van der Waals surface area (Å²) in [5.41, 5.74) is 0. The van der Waals surface area contributed by atoms with Crippen LogP contribution >= 0.6 is 0 Å². The van der Waals surface area contributed by atoms with E-state index in [9.17, 15) is 9.59 Å². The van der Waals surface area contributed by atoms with Crippen molar-refractivity contribution in [1.82, 2.24) is 0 Å². The predicted molar refractivity (Wildman–Crippen MR) is 297 cm³/mol. The molecule has 0 aromatic carbocycles. The van der Waals surface area contributed by atoms with Gasteiger partial charge in [0.15, 0.2) is 6.10 Å². The standard InChI is InChI=1S/C63H106O5/c1-4-7-10-13-16-19-22-25-28-31-32-34-35-38-41-44-47-50-53-56-62(64)67-60-61(59-66-58-55-52-49-46-43-40-37-30-27-24-21-18-15-12-9-6-3)68-63(65)57-54-51-48-45-42-39-36-33-29-26-23-20-17-14-11-8-5-2/h7-8,10-11,16-17,19-20,25-30,32,34,36,39,61H,4-6,9,12-15,18,21-24,31,33,35,37-38,40-60H2,1-3H3/b10-7-,11-8-,19-16-,20-17-,28-25-,29-26-,30-27-,34-32-,39-36-. The van der Waals surface area contributed by atoms with Gasteiger partial charge >= 0.3 is 11.9 Å². The Morgan fingerprint density at radius 2 is 0.662 bits per heavy atom. The molecular weight excluding hydrogens is 837 g/mol. The number of ether oxygens (including phenoxy) is 3. The zero-order valence-electron chi connectivity index (χ0n) is 44.6. The van der Waals surface area contributed by atoms with Gasteiger partial charge in [-0.25, -0.2) is 0 Å². The maximum absolute atomic E-state index is 12.9. The smallest absolute Gasteiger partial charge is 0.306 e. The normalized spacial score (nSPS) is 13.0. The Morgan fingerprint density at radius 1 is 0.338 bits per heavy atom. The van der Waals surface area contributed by atoms with E-state index in [1.165, 1.54) is 96.3 Å². The van der Waals surface area contributed by atoms with Gasteiger partial charge in [0.2, 0.25) is 0 Å². The summed E-state index contributed by atoms with van der Waals surface area (Å²) in [7, 11) is 0. The Bertz CT molecular complexity index is 1340. The largest absolute Gasteiger partial charge is 0.462 e. The molecule has 0 N–H and O–H groups in total. The second-order valence-electron chi connectivity index (χ2n) is 18.4. The predicted octanol–water partition coefficient (Wildman–Crippen LogP) is 19.6. The first-order valence-electron chi connectivity index (χ1n) is 28.4. The molecule has 1 atom stereocenters. The fraction of sp³-hybridized carbons (Fsp3) is 0.683. The van der Waals surface area contributed by atoms with Crippen LogP contribution in [-0.2, 0) is 23.8 Å². The topological polar surface area (TPSA) is 61.8 Å². The molecule has 0 saturated carbocycles. The highest BCUT2D eigenvalue weighted by atomic mass is 16.6. The third-order valence-electron chi connectivity index (χ3n) is 11.8. The summed E-state index contributed by atoms with van der Waals surface area (Å²) in [5, 5.41) is 0. The minimum absolute atomic E-state index is 0.0597. The van der Waals surface area contributed by atoms with Crippen LogP contribution in [-0.4, -0.2) is 37.9 Å². The van der Waals surface area contributed by atoms with Crippen molar-refractivity contribution >= 4 is 11.9 Å². The van der Waals surface area contributed by atoms with Crippen molar-refractivity contribution in [3.05, 3.63) is 109 Å². The van der Waals surface area contributed by atoms with Gasteiger partial charge in [-0.15, -0.1) is 0 Å². The van der Waals surface area contributed by atoms with Crippen molar-refractivity contribution in [3.63, 3.8) is 0 Å². The number of unbranched alkanes of at least 4 members (excludes halogenated alkanes) is 22. The Morgan fingerprint density at radius 3 is 1.07 bits per heavy atom. The lowest BCUT2D eigenvalue weighted by Gasteiger charge is -2.18. The molecule has 0 saturated heterocycles. The van der Waals surface area contributed by atoms with Gasteiger partial charge in [0.25, 0.3) is 0 Å². The summed E-state index contributed by atoms with van der Waals surface area (Å²) in [6.45, 7) is 7.55. The molecule has 5 heteroatoms. The fourth-order valence-electron chi connectivity index (χ4n) is 7.60. The lowest BCUT2D eigenvalue weighted by Crippen LogP contribution is -2.30. The first-order valence-corrected chi connectivity index (χ1v) is 28.4. The van der Waals surface area contributed by atoms with E-state index in [1.807, 2.05) is 0 Å². The zero-order valence-corrected chi connectivity index (χ0v) is 44.6. The van der Waals surface area contributed by atoms with E-state index in [1.54, 1.807) is 0 Å². The lowest BCUT2D eigenvalue weighted by atomic mass is 10.1. The summed E-state index contributed by atoms with van der Waals surface area (Å²) in [5.74, 6) is -0.445. The van der Waals surface area contributed by atoms with Crippen LogP contribution in [0.5, 0.6) is 0 Å². The minimum atomic E-state index is -0.566. The van der Waals surface area contributed by atoms with Crippen LogP contribution in [0, 0.1) is 0 Å². The monoisotopic (exact) mass is 943 g/mol. The van der Waals surface area contributed by atoms with Crippen molar-refractivity contribution in [2.75, 3.05) is 19.8 Å². The molecule has 0 heterocycles. The van der Waals surface area contributed by atoms with Gasteiger partial charge in [0.1, 0.15) is 6.61 Å². The number of rotatable bonds is 51. The summed E-state index contributed by atoms with van der Waals surface area (Å²) in [6, 6.07) is 0. The van der Waals surface area contributed by atoms with E-state index in [4.69, 9.17) is 14.2 Å². The van der Waals surface area contributed by atoms with E-state index in [-0.39, 0.29) is 25.2 Å². The van der Waals surface area contributed by atoms with E-state index < -0.39 is 6.10 Å². The third kappa shape index (κ3) is 55.2. The van der Waals surface area contributed by atoms with Crippen molar-refractivity contribution in [2.45, 2.75) is 258 Å². The lowest BCUT2D eigenvalue weighted by molar-refractivity contribution is -0.163. The van der Waals surface area contributed by atoms with Crippen LogP contribution in [0.1, 0.15) is 252 Å². The summed E-state index contributed by atoms with van der Waals surface area (Å²) in [4.78, 5) is 25.5. The average Bonchev–Trinajstić information content (AvgIpc) is 3.34. The van der Waals surface area contributed by atoms with Gasteiger partial charge in [0.05, 0.1) is 6.61 Å². The van der Waals surface area contributed by atoms with Gasteiger partial charge in [-0.05, 0) is 122 Å². The molecule has 0 amide bonds. The van der Waals surface area contributed by atoms with Gasteiger partial charge in [-0.2, -0.15) is 0 Å². The van der Waals surface area contributed by atoms with Crippen molar-refractivity contribution in [1.29, 1.82) is 0 Å². The second kappa shape index (κ2) is 57.9. The van der Waals surface area contributed by atoms with E-state index in [0.29, 0.717) is 19.4 Å². The van der Waals surface area contributed by atoms with Crippen LogP contribution in [0.2, 0.25) is 0 Å². The molecule has 0 rings (SSSR count). The molecule has 0 aromatic heterocycles. The Hall–Kier alpha value is -3.44. The highest BCUT2D eigenvalue weighted by molar-refractivity contribution is 5.70. The molecular formula is C63H106O5. The van der Waals surface area contributed by atoms with E-state index >= 15 is 0 Å². The van der Waals surface area contributed by atoms with E-state index in [2.05, 4.69) is 130 Å². The number of hydrogen-bond donors (Lipinski definition) is 0. The fourth-order valence-corrected chi connectivity index (χ4v) is 7.60. The quantitative estimate of drug-likeness (QED) is 0.0345. The average molecular weight is 944 g/mol. The first kappa shape index (κ1) is 64.6. The van der Waals surface area contributed by atoms with Gasteiger partial charge in [-0.3, -0.25) is 9.59 Å². The first-order chi connectivity index (χ1) is 33.6. The van der Waals surface area contributed by atoms with Gasteiger partial charge < -0.3 is 14.2 Å². The number of carbonyl (C=O) groups is 2. The Balaban J connectivity index is 4.37. The Labute approximate surface area is 421 Å². The number of allylic oxidation sites excluding steroid dienone is 18. The molecule has 0 aliphatic rings. The summed E-state index contributed by atoms with van der Waals surface area (Å²) >= 11 is 0. The maximum atomic E-state index is 12.9. The number of carbonyl (C=O) groups excluding carboxylic acids is 2. The molecule has 0 fully saturated rings. The Kier molecular flexibility index (Phi) is 54.9. The molecule has 0 aromatic rings. The van der Waals surface area contributed by atoms with Crippen LogP contribution in [0.15, 0.2) is 109 Å². The summed E-state index contributed by atoms with van der Waals surface area (Å²) < 4.78 is 17.4. The molecule has 5 nitrogen and oxygen atoms in total. The van der Waals surface area contributed by atoms with Gasteiger partial charge in [-0.1, -0.05) is 226 Å². The van der Waals surface area contributed by atoms with Crippen molar-refractivity contribution < 1.29 is 23.8 Å². The highest BCUT2D eigenvalue weighted by Gasteiger charge is 2.17. The highest BCUT2D eigenvalue weighted by Crippen LogP contribution is 2.13. The van der Waals surface area contributed by atoms with Crippen molar-refractivity contribution in [2.24, 2.45) is 0 Å². The molecule has 388 valence electrons. The molecule has 0 bridgehead atoms. The second-order valence-corrected chi connectivity index (χ2v) is 18.4. The third-order valence-corrected chi connectivity index (χ3v) is 11.8. The molecule has 0 aliphatic heterocycles. The number of esters is 2. The zero-order chi connectivity index (χ0) is 49.2. The van der Waals surface area contributed by atoms with Crippen LogP contribution in [0.3, 0.4) is 0 Å². The van der Waals surface area contributed by atoms with Crippen LogP contribution in [0.25, 0.3) is 0 Å². The molecule has 68 heavy (non-hydrogen) atoms. The van der Waals surface area contributed by atoms with Crippen molar-refractivity contribution in [3.8, 4) is 0 Å². The maximum Gasteiger partial charge on any atom is 0.306 e. The summed E-state index contributed by atoms with van der Waals surface area (Å²) in [6.07, 6.45) is 79.6.